The summed E-state index contributed by atoms with van der Waals surface area (Å²) in [4.78, 5) is 19.4. The predicted molar refractivity (Wildman–Crippen MR) is 101 cm³/mol. The van der Waals surface area contributed by atoms with Gasteiger partial charge in [-0.3, -0.25) is 9.69 Å². The normalized spacial score (nSPS) is 15.2. The van der Waals surface area contributed by atoms with E-state index in [0.29, 0.717) is 22.1 Å². The smallest absolute Gasteiger partial charge is 0.230 e. The second kappa shape index (κ2) is 7.42. The maximum absolute atomic E-state index is 12.8. The quantitative estimate of drug-likeness (QED) is 0.666. The molecule has 1 aromatic carbocycles. The fourth-order valence-corrected chi connectivity index (χ4v) is 3.47. The molecule has 0 radical (unpaired) electrons. The van der Waals surface area contributed by atoms with Crippen molar-refractivity contribution in [1.82, 2.24) is 9.88 Å². The van der Waals surface area contributed by atoms with E-state index >= 15 is 0 Å². The van der Waals surface area contributed by atoms with Crippen LogP contribution < -0.4 is 10.2 Å². The first-order valence-corrected chi connectivity index (χ1v) is 8.37. The fourth-order valence-electron chi connectivity index (χ4n) is 3.47. The molecule has 0 unspecified atom stereocenters. The van der Waals surface area contributed by atoms with Gasteiger partial charge in [-0.2, -0.15) is 0 Å². The molecule has 1 fully saturated rings. The highest BCUT2D eigenvalue weighted by atomic mass is 35.5. The van der Waals surface area contributed by atoms with Gasteiger partial charge in [0.1, 0.15) is 11.3 Å². The minimum absolute atomic E-state index is 0. The van der Waals surface area contributed by atoms with Crippen molar-refractivity contribution in [1.29, 1.82) is 0 Å². The van der Waals surface area contributed by atoms with E-state index in [0.717, 1.165) is 30.9 Å². The van der Waals surface area contributed by atoms with Gasteiger partial charge in [0.15, 0.2) is 0 Å². The van der Waals surface area contributed by atoms with Gasteiger partial charge >= 0.3 is 0 Å². The molecule has 0 bridgehead atoms. The van der Waals surface area contributed by atoms with Gasteiger partial charge in [-0.05, 0) is 50.2 Å². The van der Waals surface area contributed by atoms with Crippen LogP contribution in [-0.4, -0.2) is 30.1 Å². The molecule has 0 aliphatic carbocycles. The average molecular weight is 361 g/mol. The number of halogens is 1. The number of likely N-dealkylation sites (tertiary alicyclic amines) is 1. The van der Waals surface area contributed by atoms with Crippen molar-refractivity contribution < 1.29 is 9.15 Å². The largest absolute Gasteiger partial charge is 0.496 e. The number of benzene rings is 1. The van der Waals surface area contributed by atoms with Gasteiger partial charge in [0.05, 0.1) is 23.4 Å². The molecule has 4 rings (SSSR count). The van der Waals surface area contributed by atoms with E-state index in [1.165, 1.54) is 19.3 Å². The zero-order valence-corrected chi connectivity index (χ0v) is 15.0. The number of ether oxygens (including phenoxy) is 1. The molecule has 0 N–H and O–H groups in total. The van der Waals surface area contributed by atoms with Gasteiger partial charge in [-0.25, -0.2) is 4.98 Å². The highest BCUT2D eigenvalue weighted by Gasteiger charge is 2.19. The van der Waals surface area contributed by atoms with E-state index in [4.69, 9.17) is 9.15 Å². The molecule has 0 saturated carbocycles. The molecule has 1 saturated heterocycles. The lowest BCUT2D eigenvalue weighted by Gasteiger charge is -2.27. The Kier molecular flexibility index (Phi) is 5.25. The second-order valence-corrected chi connectivity index (χ2v) is 6.25. The highest BCUT2D eigenvalue weighted by molar-refractivity contribution is 5.90. The lowest BCUT2D eigenvalue weighted by Crippen LogP contribution is -2.29. The molecule has 0 atom stereocenters. The van der Waals surface area contributed by atoms with E-state index in [1.807, 2.05) is 6.07 Å². The van der Waals surface area contributed by atoms with Crippen LogP contribution in [0.2, 0.25) is 0 Å². The standard InChI is InChI=1S/C19H20N2O3.ClH/c1-23-16-8-7-13-17(22)14-6-5-9-20-19(14)24-18(13)15(16)12-21-10-3-2-4-11-21;/h5-9H,2-4,10-12H2,1H3;1H. The van der Waals surface area contributed by atoms with Crippen molar-refractivity contribution in [2.24, 2.45) is 0 Å². The first kappa shape index (κ1) is 17.7. The number of aromatic nitrogens is 1. The van der Waals surface area contributed by atoms with Crippen molar-refractivity contribution in [2.75, 3.05) is 20.2 Å². The lowest BCUT2D eigenvalue weighted by molar-refractivity contribution is 0.218. The molecule has 132 valence electrons. The highest BCUT2D eigenvalue weighted by Crippen LogP contribution is 2.30. The Labute approximate surface area is 152 Å². The molecule has 25 heavy (non-hydrogen) atoms. The van der Waals surface area contributed by atoms with Gasteiger partial charge in [0.25, 0.3) is 0 Å². The zero-order valence-electron chi connectivity index (χ0n) is 14.2. The van der Waals surface area contributed by atoms with Gasteiger partial charge in [0, 0.05) is 12.7 Å². The summed E-state index contributed by atoms with van der Waals surface area (Å²) in [6.07, 6.45) is 5.34. The lowest BCUT2D eigenvalue weighted by atomic mass is 10.1. The maximum atomic E-state index is 12.8. The van der Waals surface area contributed by atoms with Gasteiger partial charge in [-0.1, -0.05) is 6.42 Å². The number of hydrogen-bond donors (Lipinski definition) is 0. The van der Waals surface area contributed by atoms with E-state index in [-0.39, 0.29) is 17.8 Å². The third-order valence-electron chi connectivity index (χ3n) is 4.73. The number of methoxy groups -OCH3 is 1. The Morgan fingerprint density at radius 2 is 1.96 bits per heavy atom. The number of rotatable bonds is 3. The van der Waals surface area contributed by atoms with E-state index in [2.05, 4.69) is 9.88 Å². The first-order chi connectivity index (χ1) is 11.8. The van der Waals surface area contributed by atoms with E-state index < -0.39 is 0 Å². The Morgan fingerprint density at radius 3 is 2.72 bits per heavy atom. The zero-order chi connectivity index (χ0) is 16.5. The van der Waals surface area contributed by atoms with Crippen LogP contribution in [0.3, 0.4) is 0 Å². The van der Waals surface area contributed by atoms with Crippen molar-refractivity contribution in [3.8, 4) is 5.75 Å². The molecule has 6 heteroatoms. The summed E-state index contributed by atoms with van der Waals surface area (Å²) in [5, 5.41) is 1.10. The molecule has 3 aromatic rings. The van der Waals surface area contributed by atoms with Crippen molar-refractivity contribution in [2.45, 2.75) is 25.8 Å². The predicted octanol–water partition coefficient (Wildman–Crippen LogP) is 3.76. The number of piperidine rings is 1. The third kappa shape index (κ3) is 3.22. The molecule has 0 amide bonds. The Bertz CT molecular complexity index is 948. The van der Waals surface area contributed by atoms with Crippen LogP contribution in [0.5, 0.6) is 5.75 Å². The molecule has 0 spiro atoms. The van der Waals surface area contributed by atoms with Gasteiger partial charge in [0.2, 0.25) is 11.1 Å². The Hall–Kier alpha value is -2.11. The topological polar surface area (TPSA) is 55.6 Å². The summed E-state index contributed by atoms with van der Waals surface area (Å²) in [6.45, 7) is 2.85. The summed E-state index contributed by atoms with van der Waals surface area (Å²) in [7, 11) is 1.65. The van der Waals surface area contributed by atoms with Crippen molar-refractivity contribution in [3.05, 3.63) is 46.2 Å². The Morgan fingerprint density at radius 1 is 1.16 bits per heavy atom. The summed E-state index contributed by atoms with van der Waals surface area (Å²) < 4.78 is 11.6. The van der Waals surface area contributed by atoms with Crippen LogP contribution in [0.1, 0.15) is 24.8 Å². The maximum Gasteiger partial charge on any atom is 0.230 e. The number of pyridine rings is 1. The minimum Gasteiger partial charge on any atom is -0.496 e. The number of hydrogen-bond acceptors (Lipinski definition) is 5. The van der Waals surface area contributed by atoms with Gasteiger partial charge in [-0.15, -0.1) is 12.4 Å². The molecule has 2 aromatic heterocycles. The van der Waals surface area contributed by atoms with E-state index in [9.17, 15) is 4.79 Å². The van der Waals surface area contributed by atoms with Crippen LogP contribution in [0.4, 0.5) is 0 Å². The Balaban J connectivity index is 0.00000182. The SMILES string of the molecule is COc1ccc2c(=O)c3cccnc3oc2c1CN1CCCCC1.Cl. The van der Waals surface area contributed by atoms with Crippen LogP contribution in [0, 0.1) is 0 Å². The third-order valence-corrected chi connectivity index (χ3v) is 4.73. The fraction of sp³-hybridized carbons (Fsp3) is 0.368. The summed E-state index contributed by atoms with van der Waals surface area (Å²) in [5.41, 5.74) is 1.86. The first-order valence-electron chi connectivity index (χ1n) is 8.37. The van der Waals surface area contributed by atoms with Crippen LogP contribution in [0.25, 0.3) is 22.1 Å². The van der Waals surface area contributed by atoms with Crippen LogP contribution >= 0.6 is 12.4 Å². The molecule has 5 nitrogen and oxygen atoms in total. The second-order valence-electron chi connectivity index (χ2n) is 6.25. The molecular formula is C19H21ClN2O3. The van der Waals surface area contributed by atoms with Crippen LogP contribution in [0.15, 0.2) is 39.7 Å². The molecule has 3 heterocycles. The van der Waals surface area contributed by atoms with Gasteiger partial charge < -0.3 is 9.15 Å². The van der Waals surface area contributed by atoms with Crippen LogP contribution in [-0.2, 0) is 6.54 Å². The number of fused-ring (bicyclic) bond motifs is 2. The monoisotopic (exact) mass is 360 g/mol. The summed E-state index contributed by atoms with van der Waals surface area (Å²) in [5.74, 6) is 0.756. The summed E-state index contributed by atoms with van der Waals surface area (Å²) in [6, 6.07) is 7.15. The molecule has 1 aliphatic heterocycles. The minimum atomic E-state index is -0.0399. The summed E-state index contributed by atoms with van der Waals surface area (Å²) >= 11 is 0. The molecular weight excluding hydrogens is 340 g/mol. The number of nitrogens with zero attached hydrogens (tertiary/aromatic N) is 2. The molecule has 1 aliphatic rings. The van der Waals surface area contributed by atoms with Crippen molar-refractivity contribution >= 4 is 34.5 Å². The van der Waals surface area contributed by atoms with E-state index in [1.54, 1.807) is 31.5 Å². The average Bonchev–Trinajstić information content (AvgIpc) is 2.63. The van der Waals surface area contributed by atoms with Crippen molar-refractivity contribution in [3.63, 3.8) is 0 Å².